The maximum absolute atomic E-state index is 11.3. The van der Waals surface area contributed by atoms with Crippen molar-refractivity contribution in [3.63, 3.8) is 0 Å². The fourth-order valence-corrected chi connectivity index (χ4v) is 2.99. The number of carbonyl (C=O) groups is 1. The SMILES string of the molecule is Cc1ccc(SCC2CC(=O)NC(S)N2)cc1. The number of nitrogens with one attached hydrogen (secondary N) is 2. The fraction of sp³-hybridized carbons (Fsp3) is 0.417. The molecular formula is C12H16N2OS2. The Balaban J connectivity index is 1.85. The van der Waals surface area contributed by atoms with Gasteiger partial charge in [0.05, 0.1) is 0 Å². The van der Waals surface area contributed by atoms with Crippen LogP contribution in [0.25, 0.3) is 0 Å². The smallest absolute Gasteiger partial charge is 0.223 e. The van der Waals surface area contributed by atoms with E-state index in [0.29, 0.717) is 6.42 Å². The maximum Gasteiger partial charge on any atom is 0.223 e. The molecule has 1 saturated heterocycles. The van der Waals surface area contributed by atoms with Crippen LogP contribution in [0.5, 0.6) is 0 Å². The van der Waals surface area contributed by atoms with Gasteiger partial charge in [0.2, 0.25) is 5.91 Å². The lowest BCUT2D eigenvalue weighted by atomic mass is 10.2. The van der Waals surface area contributed by atoms with Gasteiger partial charge in [0, 0.05) is 23.1 Å². The zero-order valence-electron chi connectivity index (χ0n) is 9.64. The molecule has 1 heterocycles. The molecule has 1 aromatic carbocycles. The third kappa shape index (κ3) is 3.94. The quantitative estimate of drug-likeness (QED) is 0.578. The Hall–Kier alpha value is -0.650. The monoisotopic (exact) mass is 268 g/mol. The Kier molecular flexibility index (Phi) is 4.36. The van der Waals surface area contributed by atoms with Gasteiger partial charge in [0.25, 0.3) is 0 Å². The van der Waals surface area contributed by atoms with Gasteiger partial charge in [-0.3, -0.25) is 10.1 Å². The number of hydrogen-bond donors (Lipinski definition) is 3. The van der Waals surface area contributed by atoms with Crippen molar-refractivity contribution in [2.24, 2.45) is 0 Å². The molecular weight excluding hydrogens is 252 g/mol. The number of thioether (sulfide) groups is 1. The predicted molar refractivity (Wildman–Crippen MR) is 74.4 cm³/mol. The third-order valence-corrected chi connectivity index (χ3v) is 4.05. The van der Waals surface area contributed by atoms with Gasteiger partial charge in [-0.2, -0.15) is 0 Å². The highest BCUT2D eigenvalue weighted by Crippen LogP contribution is 2.20. The van der Waals surface area contributed by atoms with Gasteiger partial charge in [-0.15, -0.1) is 24.4 Å². The van der Waals surface area contributed by atoms with Crippen molar-refractivity contribution in [2.75, 3.05) is 5.75 Å². The lowest BCUT2D eigenvalue weighted by Crippen LogP contribution is -2.54. The van der Waals surface area contributed by atoms with Gasteiger partial charge in [-0.05, 0) is 19.1 Å². The number of rotatable bonds is 3. The summed E-state index contributed by atoms with van der Waals surface area (Å²) in [6.07, 6.45) is 0.524. The van der Waals surface area contributed by atoms with Crippen LogP contribution in [0.3, 0.4) is 0 Å². The Bertz CT molecular complexity index is 394. The fourth-order valence-electron chi connectivity index (χ4n) is 1.70. The van der Waals surface area contributed by atoms with Crippen LogP contribution in [0, 0.1) is 6.92 Å². The highest BCUT2D eigenvalue weighted by Gasteiger charge is 2.23. The molecule has 17 heavy (non-hydrogen) atoms. The van der Waals surface area contributed by atoms with Crippen LogP contribution in [0.4, 0.5) is 0 Å². The second-order valence-corrected chi connectivity index (χ2v) is 5.77. The van der Waals surface area contributed by atoms with Gasteiger partial charge in [-0.25, -0.2) is 0 Å². The first kappa shape index (κ1) is 12.8. The van der Waals surface area contributed by atoms with Crippen molar-refractivity contribution >= 4 is 30.3 Å². The molecule has 0 bridgehead atoms. The van der Waals surface area contributed by atoms with Gasteiger partial charge < -0.3 is 5.32 Å². The standard InChI is InChI=1S/C12H16N2OS2/c1-8-2-4-10(5-3-8)17-7-9-6-11(15)14-12(16)13-9/h2-5,9,12-13,16H,6-7H2,1H3,(H,14,15). The molecule has 2 unspecified atom stereocenters. The van der Waals surface area contributed by atoms with Crippen LogP contribution in [0.15, 0.2) is 29.2 Å². The Labute approximate surface area is 111 Å². The van der Waals surface area contributed by atoms with E-state index in [1.54, 1.807) is 11.8 Å². The third-order valence-electron chi connectivity index (χ3n) is 2.60. The van der Waals surface area contributed by atoms with Crippen LogP contribution in [-0.2, 0) is 4.79 Å². The maximum atomic E-state index is 11.3. The van der Waals surface area contributed by atoms with Gasteiger partial charge in [0.1, 0.15) is 5.50 Å². The molecule has 1 fully saturated rings. The number of carbonyl (C=O) groups excluding carboxylic acids is 1. The molecule has 0 saturated carbocycles. The van der Waals surface area contributed by atoms with E-state index in [4.69, 9.17) is 0 Å². The van der Waals surface area contributed by atoms with E-state index in [0.717, 1.165) is 5.75 Å². The number of hydrogen-bond acceptors (Lipinski definition) is 4. The van der Waals surface area contributed by atoms with E-state index < -0.39 is 0 Å². The molecule has 0 aliphatic carbocycles. The number of aryl methyl sites for hydroxylation is 1. The first-order valence-corrected chi connectivity index (χ1v) is 7.06. The normalized spacial score (nSPS) is 24.5. The second-order valence-electron chi connectivity index (χ2n) is 4.16. The molecule has 0 spiro atoms. The molecule has 2 N–H and O–H groups in total. The number of thiol groups is 1. The molecule has 2 rings (SSSR count). The van der Waals surface area contributed by atoms with Crippen molar-refractivity contribution in [3.8, 4) is 0 Å². The lowest BCUT2D eigenvalue weighted by molar-refractivity contribution is -0.123. The Morgan fingerprint density at radius 1 is 1.41 bits per heavy atom. The minimum Gasteiger partial charge on any atom is -0.332 e. The van der Waals surface area contributed by atoms with E-state index in [-0.39, 0.29) is 17.4 Å². The van der Waals surface area contributed by atoms with Crippen LogP contribution in [0.2, 0.25) is 0 Å². The molecule has 5 heteroatoms. The summed E-state index contributed by atoms with van der Waals surface area (Å²) < 4.78 is 0. The minimum atomic E-state index is -0.222. The molecule has 1 aromatic rings. The minimum absolute atomic E-state index is 0.0678. The molecule has 1 aliphatic heterocycles. The summed E-state index contributed by atoms with van der Waals surface area (Å²) >= 11 is 5.98. The summed E-state index contributed by atoms with van der Waals surface area (Å²) in [5.41, 5.74) is 1.04. The molecule has 2 atom stereocenters. The van der Waals surface area contributed by atoms with Crippen LogP contribution < -0.4 is 10.6 Å². The molecule has 1 amide bonds. The van der Waals surface area contributed by atoms with E-state index in [9.17, 15) is 4.79 Å². The molecule has 1 aliphatic rings. The van der Waals surface area contributed by atoms with E-state index in [1.807, 2.05) is 0 Å². The predicted octanol–water partition coefficient (Wildman–Crippen LogP) is 1.78. The highest BCUT2D eigenvalue weighted by molar-refractivity contribution is 7.99. The van der Waals surface area contributed by atoms with Crippen molar-refractivity contribution in [1.82, 2.24) is 10.6 Å². The first-order chi connectivity index (χ1) is 8.13. The summed E-state index contributed by atoms with van der Waals surface area (Å²) in [6.45, 7) is 2.08. The first-order valence-electron chi connectivity index (χ1n) is 5.56. The van der Waals surface area contributed by atoms with Crippen LogP contribution in [0.1, 0.15) is 12.0 Å². The lowest BCUT2D eigenvalue weighted by Gasteiger charge is -2.28. The Morgan fingerprint density at radius 2 is 2.12 bits per heavy atom. The topological polar surface area (TPSA) is 41.1 Å². The second kappa shape index (κ2) is 5.80. The van der Waals surface area contributed by atoms with Crippen LogP contribution >= 0.6 is 24.4 Å². The van der Waals surface area contributed by atoms with Crippen molar-refractivity contribution in [2.45, 2.75) is 29.8 Å². The van der Waals surface area contributed by atoms with Crippen molar-refractivity contribution < 1.29 is 4.79 Å². The summed E-state index contributed by atoms with van der Waals surface area (Å²) in [4.78, 5) is 12.6. The zero-order valence-corrected chi connectivity index (χ0v) is 11.4. The zero-order chi connectivity index (χ0) is 12.3. The summed E-state index contributed by atoms with van der Waals surface area (Å²) in [5.74, 6) is 0.950. The summed E-state index contributed by atoms with van der Waals surface area (Å²) in [5, 5.41) is 5.96. The van der Waals surface area contributed by atoms with Gasteiger partial charge >= 0.3 is 0 Å². The average Bonchev–Trinajstić information content (AvgIpc) is 2.27. The Morgan fingerprint density at radius 3 is 2.76 bits per heavy atom. The molecule has 92 valence electrons. The summed E-state index contributed by atoms with van der Waals surface area (Å²) in [7, 11) is 0. The highest BCUT2D eigenvalue weighted by atomic mass is 32.2. The average molecular weight is 268 g/mol. The number of amides is 1. The van der Waals surface area contributed by atoms with Gasteiger partial charge in [-0.1, -0.05) is 17.7 Å². The van der Waals surface area contributed by atoms with E-state index >= 15 is 0 Å². The van der Waals surface area contributed by atoms with Crippen molar-refractivity contribution in [1.29, 1.82) is 0 Å². The van der Waals surface area contributed by atoms with Gasteiger partial charge in [0.15, 0.2) is 0 Å². The van der Waals surface area contributed by atoms with Crippen LogP contribution in [-0.4, -0.2) is 23.2 Å². The molecule has 0 radical (unpaired) electrons. The summed E-state index contributed by atoms with van der Waals surface area (Å²) in [6, 6.07) is 8.62. The van der Waals surface area contributed by atoms with E-state index in [2.05, 4.69) is 54.5 Å². The molecule has 0 aromatic heterocycles. The van der Waals surface area contributed by atoms with E-state index in [1.165, 1.54) is 10.5 Å². The molecule has 3 nitrogen and oxygen atoms in total. The largest absolute Gasteiger partial charge is 0.332 e. The number of benzene rings is 1. The van der Waals surface area contributed by atoms with Crippen molar-refractivity contribution in [3.05, 3.63) is 29.8 Å².